The number of aliphatic hydroxyl groups is 1. The van der Waals surface area contributed by atoms with Gasteiger partial charge in [0.2, 0.25) is 6.10 Å². The standard InChI is InChI=1S/C37H28N2O5.C28H20N2O3.C9H10O3/c1-43-37(42)34(27-13-3-2-4-14-27)44-36(41)31-20-18-26-12-6-8-16-29(26)33(31)32-28-15-7-5-11-25(28)17-19-30(32)35(40)39-23-24-10-9-21-38-22-24;31-27(30-17-18-6-5-15-29-16-18)23-13-11-19-7-1-3-9-21(19)25(23)26-22-10-4-2-8-20(22)12-14-24(26)28(32)33;1-12-9(11)8(10)7-5-3-2-4-6-7/h2-22,34H,23H2,1H3,(H,39,40);1-16H,17H2,(H,30,31)(H,32,33);2-6,8,10H,1H3. The zero-order valence-corrected chi connectivity index (χ0v) is 48.3. The van der Waals surface area contributed by atoms with Gasteiger partial charge in [0, 0.05) is 76.8 Å². The number of methoxy groups -OCH3 is 2. The molecule has 15 heteroatoms. The van der Waals surface area contributed by atoms with Gasteiger partial charge in [-0.25, -0.2) is 19.2 Å². The number of hydrogen-bond acceptors (Lipinski definition) is 12. The highest BCUT2D eigenvalue weighted by Crippen LogP contribution is 2.42. The van der Waals surface area contributed by atoms with Gasteiger partial charge in [-0.1, -0.05) is 194 Å². The third-order valence-corrected chi connectivity index (χ3v) is 14.8. The van der Waals surface area contributed by atoms with Gasteiger partial charge in [0.25, 0.3) is 11.8 Å². The summed E-state index contributed by atoms with van der Waals surface area (Å²) in [5, 5.41) is 32.1. The van der Waals surface area contributed by atoms with Crippen molar-refractivity contribution in [3.8, 4) is 22.3 Å². The smallest absolute Gasteiger partial charge is 0.351 e. The minimum absolute atomic E-state index is 0.159. The molecule has 0 bridgehead atoms. The Balaban J connectivity index is 0.000000170. The first-order chi connectivity index (χ1) is 43.4. The second kappa shape index (κ2) is 28.5. The van der Waals surface area contributed by atoms with Crippen LogP contribution in [0.3, 0.4) is 0 Å². The number of fused-ring (bicyclic) bond motifs is 4. The molecule has 0 aliphatic carbocycles. The molecule has 12 rings (SSSR count). The van der Waals surface area contributed by atoms with Crippen molar-refractivity contribution in [3.63, 3.8) is 0 Å². The Kier molecular flexibility index (Phi) is 19.3. The number of benzene rings is 10. The zero-order chi connectivity index (χ0) is 62.2. The van der Waals surface area contributed by atoms with E-state index in [2.05, 4.69) is 25.3 Å². The van der Waals surface area contributed by atoms with Crippen LogP contribution < -0.4 is 10.6 Å². The van der Waals surface area contributed by atoms with E-state index in [1.165, 1.54) is 14.2 Å². The lowest BCUT2D eigenvalue weighted by atomic mass is 9.86. The first-order valence-electron chi connectivity index (χ1n) is 28.2. The largest absolute Gasteiger partial charge is 0.478 e. The van der Waals surface area contributed by atoms with Crippen molar-refractivity contribution < 1.29 is 53.2 Å². The molecule has 2 unspecified atom stereocenters. The average Bonchev–Trinajstić information content (AvgIpc) is 0.958. The summed E-state index contributed by atoms with van der Waals surface area (Å²) in [4.78, 5) is 85.4. The van der Waals surface area contributed by atoms with Crippen LogP contribution in [0.2, 0.25) is 0 Å². The molecule has 2 atom stereocenters. The maximum Gasteiger partial charge on any atom is 0.351 e. The van der Waals surface area contributed by atoms with Crippen molar-refractivity contribution in [1.29, 1.82) is 0 Å². The normalized spacial score (nSPS) is 11.4. The fourth-order valence-corrected chi connectivity index (χ4v) is 10.5. The van der Waals surface area contributed by atoms with Crippen molar-refractivity contribution in [1.82, 2.24) is 20.6 Å². The molecular formula is C74H58N4O11. The highest BCUT2D eigenvalue weighted by Gasteiger charge is 2.30. The van der Waals surface area contributed by atoms with Crippen LogP contribution in [0.25, 0.3) is 65.3 Å². The molecule has 0 saturated carbocycles. The van der Waals surface area contributed by atoms with Crippen molar-refractivity contribution in [2.45, 2.75) is 25.3 Å². The summed E-state index contributed by atoms with van der Waals surface area (Å²) in [6.07, 6.45) is 4.32. The molecule has 2 aromatic heterocycles. The number of amides is 2. The predicted molar refractivity (Wildman–Crippen MR) is 342 cm³/mol. The Labute approximate surface area is 511 Å². The van der Waals surface area contributed by atoms with Crippen LogP contribution in [0.4, 0.5) is 0 Å². The Hall–Kier alpha value is -11.7. The highest BCUT2D eigenvalue weighted by molar-refractivity contribution is 6.20. The van der Waals surface area contributed by atoms with Gasteiger partial charge in [-0.2, -0.15) is 0 Å². The number of carbonyl (C=O) groups is 6. The van der Waals surface area contributed by atoms with E-state index in [0.717, 1.165) is 54.2 Å². The summed E-state index contributed by atoms with van der Waals surface area (Å²) in [5.41, 5.74) is 6.24. The number of aliphatic hydroxyl groups excluding tert-OH is 1. The van der Waals surface area contributed by atoms with Crippen molar-refractivity contribution >= 4 is 78.8 Å². The average molecular weight is 1180 g/mol. The zero-order valence-electron chi connectivity index (χ0n) is 48.3. The number of rotatable bonds is 15. The Morgan fingerprint density at radius 3 is 1.16 bits per heavy atom. The summed E-state index contributed by atoms with van der Waals surface area (Å²) >= 11 is 0. The quantitative estimate of drug-likeness (QED) is 0.0555. The van der Waals surface area contributed by atoms with Crippen LogP contribution in [-0.2, 0) is 36.9 Å². The van der Waals surface area contributed by atoms with Gasteiger partial charge in [-0.05, 0) is 96.2 Å². The lowest BCUT2D eigenvalue weighted by Gasteiger charge is -2.20. The number of aromatic nitrogens is 2. The van der Waals surface area contributed by atoms with Gasteiger partial charge in [0.1, 0.15) is 0 Å². The number of aromatic carboxylic acids is 1. The number of carboxylic acids is 1. The van der Waals surface area contributed by atoms with Crippen LogP contribution in [0.5, 0.6) is 0 Å². The highest BCUT2D eigenvalue weighted by atomic mass is 16.6. The van der Waals surface area contributed by atoms with E-state index in [1.807, 2.05) is 152 Å². The summed E-state index contributed by atoms with van der Waals surface area (Å²) in [6.45, 7) is 0.599. The number of ether oxygens (including phenoxy) is 3. The molecule has 0 fully saturated rings. The molecule has 0 aliphatic heterocycles. The number of nitrogens with zero attached hydrogens (tertiary/aromatic N) is 2. The van der Waals surface area contributed by atoms with E-state index in [9.17, 15) is 39.0 Å². The summed E-state index contributed by atoms with van der Waals surface area (Å²) in [5.74, 6) is -3.68. The van der Waals surface area contributed by atoms with Crippen molar-refractivity contribution in [2.75, 3.05) is 14.2 Å². The van der Waals surface area contributed by atoms with Crippen molar-refractivity contribution in [3.05, 3.63) is 300 Å². The van der Waals surface area contributed by atoms with Gasteiger partial charge in [0.05, 0.1) is 25.3 Å². The molecular weight excluding hydrogens is 1120 g/mol. The first-order valence-corrected chi connectivity index (χ1v) is 28.2. The molecule has 15 nitrogen and oxygen atoms in total. The predicted octanol–water partition coefficient (Wildman–Crippen LogP) is 13.6. The molecule has 0 radical (unpaired) electrons. The molecule has 12 aromatic rings. The maximum absolute atomic E-state index is 14.1. The fourth-order valence-electron chi connectivity index (χ4n) is 10.5. The van der Waals surface area contributed by atoms with Crippen LogP contribution in [0, 0.1) is 0 Å². The molecule has 2 amide bonds. The number of carboxylic acid groups (broad SMARTS) is 1. The van der Waals surface area contributed by atoms with Gasteiger partial charge < -0.3 is 35.1 Å². The minimum Gasteiger partial charge on any atom is -0.478 e. The van der Waals surface area contributed by atoms with E-state index in [4.69, 9.17) is 9.47 Å². The van der Waals surface area contributed by atoms with Crippen LogP contribution >= 0.6 is 0 Å². The third kappa shape index (κ3) is 13.9. The number of pyridine rings is 2. The van der Waals surface area contributed by atoms with Crippen molar-refractivity contribution in [2.24, 2.45) is 0 Å². The second-order valence-electron chi connectivity index (χ2n) is 20.3. The van der Waals surface area contributed by atoms with E-state index < -0.39 is 36.1 Å². The SMILES string of the molecule is COC(=O)C(O)c1ccccc1.COC(=O)C(OC(=O)c1ccc2ccccc2c1-c1c(C(=O)NCc2cccnc2)ccc2ccccc12)c1ccccc1.O=C(O)c1ccc2ccccc2c1-c1c(C(=O)NCc2cccnc2)ccc2ccccc12. The molecule has 0 saturated heterocycles. The fraction of sp³-hybridized carbons (Fsp3) is 0.0811. The van der Waals surface area contributed by atoms with E-state index in [1.54, 1.807) is 104 Å². The van der Waals surface area contributed by atoms with Gasteiger partial charge >= 0.3 is 23.9 Å². The minimum atomic E-state index is -1.28. The van der Waals surface area contributed by atoms with E-state index in [-0.39, 0.29) is 29.5 Å². The van der Waals surface area contributed by atoms with Gasteiger partial charge in [-0.15, -0.1) is 0 Å². The number of esters is 3. The Bertz CT molecular complexity index is 4550. The van der Waals surface area contributed by atoms with Gasteiger partial charge in [-0.3, -0.25) is 19.6 Å². The molecule has 440 valence electrons. The van der Waals surface area contributed by atoms with Crippen LogP contribution in [0.1, 0.15) is 75.9 Å². The number of nitrogens with one attached hydrogen (secondary N) is 2. The van der Waals surface area contributed by atoms with E-state index >= 15 is 0 Å². The Morgan fingerprint density at radius 1 is 0.404 bits per heavy atom. The molecule has 4 N–H and O–H groups in total. The molecule has 2 heterocycles. The van der Waals surface area contributed by atoms with E-state index in [0.29, 0.717) is 51.1 Å². The number of hydrogen-bond donors (Lipinski definition) is 4. The monoisotopic (exact) mass is 1180 g/mol. The molecule has 89 heavy (non-hydrogen) atoms. The van der Waals surface area contributed by atoms with Crippen LogP contribution in [-0.4, -0.2) is 70.1 Å². The molecule has 10 aromatic carbocycles. The molecule has 0 aliphatic rings. The molecule has 0 spiro atoms. The summed E-state index contributed by atoms with van der Waals surface area (Å²) < 4.78 is 15.2. The second-order valence-corrected chi connectivity index (χ2v) is 20.3. The van der Waals surface area contributed by atoms with Crippen LogP contribution in [0.15, 0.2) is 255 Å². The lowest BCUT2D eigenvalue weighted by Crippen LogP contribution is -2.24. The van der Waals surface area contributed by atoms with Gasteiger partial charge in [0.15, 0.2) is 6.10 Å². The lowest BCUT2D eigenvalue weighted by molar-refractivity contribution is -0.151. The summed E-state index contributed by atoms with van der Waals surface area (Å²) in [6, 6.07) is 69.7. The number of carbonyl (C=O) groups excluding carboxylic acids is 5. The first kappa shape index (κ1) is 60.4. The summed E-state index contributed by atoms with van der Waals surface area (Å²) in [7, 11) is 2.49. The maximum atomic E-state index is 14.1. The third-order valence-electron chi connectivity index (χ3n) is 14.8. The Morgan fingerprint density at radius 2 is 0.764 bits per heavy atom. The topological polar surface area (TPSA) is 220 Å².